The Morgan fingerprint density at radius 1 is 0.735 bits per heavy atom. The minimum absolute atomic E-state index is 0.486. The van der Waals surface area contributed by atoms with Gasteiger partial charge in [-0.15, -0.1) is 0 Å². The van der Waals surface area contributed by atoms with E-state index in [0.717, 1.165) is 36.3 Å². The van der Waals surface area contributed by atoms with Crippen molar-refractivity contribution < 1.29 is 4.74 Å². The van der Waals surface area contributed by atoms with E-state index < -0.39 is 0 Å². The first-order valence-electron chi connectivity index (χ1n) is 11.8. The number of fused-ring (bicyclic) bond motifs is 1. The van der Waals surface area contributed by atoms with Crippen LogP contribution in [0.3, 0.4) is 0 Å². The summed E-state index contributed by atoms with van der Waals surface area (Å²) < 4.78 is 5.82. The van der Waals surface area contributed by atoms with Crippen molar-refractivity contribution in [3.8, 4) is 0 Å². The highest BCUT2D eigenvalue weighted by Gasteiger charge is 2.04. The number of hydrogen-bond acceptors (Lipinski definition) is 3. The minimum atomic E-state index is 0.486. The van der Waals surface area contributed by atoms with Gasteiger partial charge in [0.15, 0.2) is 0 Å². The van der Waals surface area contributed by atoms with Crippen molar-refractivity contribution in [1.29, 1.82) is 0 Å². The molecule has 34 heavy (non-hydrogen) atoms. The van der Waals surface area contributed by atoms with E-state index in [4.69, 9.17) is 4.74 Å². The fraction of sp³-hybridized carbons (Fsp3) is 0.167. The standard InChI is InChI=1S/C30H29N3O/c1-2-7-24(8-3-1)21-34-22-28-19-27(17-18-31-28)33-26-15-13-23(14-16-26)9-6-10-25-20-32-30-12-5-4-11-29(25)30/h1-5,7-8,11-20,32H,6,9-10,21-22H2,(H,31,33). The van der Waals surface area contributed by atoms with E-state index in [-0.39, 0.29) is 0 Å². The van der Waals surface area contributed by atoms with Crippen molar-refractivity contribution in [2.75, 3.05) is 5.32 Å². The highest BCUT2D eigenvalue weighted by Crippen LogP contribution is 2.21. The first-order chi connectivity index (χ1) is 16.8. The molecule has 3 aromatic carbocycles. The Morgan fingerprint density at radius 3 is 2.44 bits per heavy atom. The number of anilines is 2. The molecule has 0 bridgehead atoms. The largest absolute Gasteiger partial charge is 0.370 e. The van der Waals surface area contributed by atoms with Crippen LogP contribution in [0.15, 0.2) is 103 Å². The summed E-state index contributed by atoms with van der Waals surface area (Å²) in [5.41, 5.74) is 8.14. The average molecular weight is 448 g/mol. The summed E-state index contributed by atoms with van der Waals surface area (Å²) >= 11 is 0. The van der Waals surface area contributed by atoms with Gasteiger partial charge in [-0.25, -0.2) is 0 Å². The van der Waals surface area contributed by atoms with Gasteiger partial charge in [0.2, 0.25) is 0 Å². The molecule has 2 heterocycles. The van der Waals surface area contributed by atoms with Gasteiger partial charge in [0.1, 0.15) is 0 Å². The predicted octanol–water partition coefficient (Wildman–Crippen LogP) is 7.20. The fourth-order valence-electron chi connectivity index (χ4n) is 4.23. The van der Waals surface area contributed by atoms with E-state index >= 15 is 0 Å². The van der Waals surface area contributed by atoms with E-state index in [0.29, 0.717) is 13.2 Å². The normalized spacial score (nSPS) is 11.1. The second-order valence-electron chi connectivity index (χ2n) is 8.55. The molecule has 0 saturated heterocycles. The second-order valence-corrected chi connectivity index (χ2v) is 8.55. The number of aromatic nitrogens is 2. The number of hydrogen-bond donors (Lipinski definition) is 2. The summed E-state index contributed by atoms with van der Waals surface area (Å²) in [6, 6.07) is 31.4. The van der Waals surface area contributed by atoms with Crippen LogP contribution in [0, 0.1) is 0 Å². The Bertz CT molecular complexity index is 1330. The molecular weight excluding hydrogens is 418 g/mol. The maximum atomic E-state index is 5.82. The Morgan fingerprint density at radius 2 is 1.56 bits per heavy atom. The molecule has 5 aromatic rings. The Kier molecular flexibility index (Phi) is 6.98. The second kappa shape index (κ2) is 10.8. The molecule has 5 rings (SSSR count). The molecule has 4 nitrogen and oxygen atoms in total. The molecule has 0 fully saturated rings. The molecule has 0 amide bonds. The average Bonchev–Trinajstić information content (AvgIpc) is 3.29. The molecule has 2 aromatic heterocycles. The maximum absolute atomic E-state index is 5.82. The van der Waals surface area contributed by atoms with Gasteiger partial charge in [-0.1, -0.05) is 60.7 Å². The maximum Gasteiger partial charge on any atom is 0.0893 e. The van der Waals surface area contributed by atoms with E-state index in [2.05, 4.69) is 82.1 Å². The van der Waals surface area contributed by atoms with Gasteiger partial charge in [0.25, 0.3) is 0 Å². The number of nitrogens with zero attached hydrogens (tertiary/aromatic N) is 1. The Labute approximate surface area is 200 Å². The number of rotatable bonds is 10. The van der Waals surface area contributed by atoms with Crippen molar-refractivity contribution in [1.82, 2.24) is 9.97 Å². The zero-order valence-corrected chi connectivity index (χ0v) is 19.2. The lowest BCUT2D eigenvalue weighted by Crippen LogP contribution is -1.98. The topological polar surface area (TPSA) is 49.9 Å². The zero-order valence-electron chi connectivity index (χ0n) is 19.2. The van der Waals surface area contributed by atoms with Crippen LogP contribution in [0.5, 0.6) is 0 Å². The lowest BCUT2D eigenvalue weighted by molar-refractivity contribution is 0.104. The van der Waals surface area contributed by atoms with Crippen molar-refractivity contribution in [3.63, 3.8) is 0 Å². The summed E-state index contributed by atoms with van der Waals surface area (Å²) in [5.74, 6) is 0. The zero-order chi connectivity index (χ0) is 23.0. The van der Waals surface area contributed by atoms with Gasteiger partial charge >= 0.3 is 0 Å². The van der Waals surface area contributed by atoms with Crippen LogP contribution in [0.1, 0.15) is 28.8 Å². The van der Waals surface area contributed by atoms with Crippen LogP contribution < -0.4 is 5.32 Å². The van der Waals surface area contributed by atoms with Crippen molar-refractivity contribution >= 4 is 22.3 Å². The lowest BCUT2D eigenvalue weighted by atomic mass is 10.0. The number of ether oxygens (including phenoxy) is 1. The molecule has 0 aliphatic carbocycles. The number of aromatic amines is 1. The van der Waals surface area contributed by atoms with E-state index in [1.165, 1.54) is 27.6 Å². The van der Waals surface area contributed by atoms with Gasteiger partial charge in [-0.2, -0.15) is 0 Å². The summed E-state index contributed by atoms with van der Waals surface area (Å²) in [5, 5.41) is 4.82. The molecule has 0 aliphatic rings. The van der Waals surface area contributed by atoms with Crippen LogP contribution in [0.2, 0.25) is 0 Å². The molecule has 2 N–H and O–H groups in total. The third-order valence-electron chi connectivity index (χ3n) is 6.01. The van der Waals surface area contributed by atoms with E-state index in [9.17, 15) is 0 Å². The number of benzene rings is 3. The quantitative estimate of drug-likeness (QED) is 0.238. The first kappa shape index (κ1) is 21.9. The number of para-hydroxylation sites is 1. The van der Waals surface area contributed by atoms with Gasteiger partial charge in [0.05, 0.1) is 18.9 Å². The molecular formula is C30H29N3O. The van der Waals surface area contributed by atoms with Gasteiger partial charge in [-0.05, 0) is 66.3 Å². The number of pyridine rings is 1. The highest BCUT2D eigenvalue weighted by molar-refractivity contribution is 5.83. The van der Waals surface area contributed by atoms with Crippen LogP contribution in [0.4, 0.5) is 11.4 Å². The van der Waals surface area contributed by atoms with Crippen molar-refractivity contribution in [3.05, 3.63) is 126 Å². The van der Waals surface area contributed by atoms with Crippen LogP contribution in [-0.4, -0.2) is 9.97 Å². The van der Waals surface area contributed by atoms with Gasteiger partial charge < -0.3 is 15.0 Å². The third-order valence-corrected chi connectivity index (χ3v) is 6.01. The predicted molar refractivity (Wildman–Crippen MR) is 139 cm³/mol. The summed E-state index contributed by atoms with van der Waals surface area (Å²) in [6.45, 7) is 1.07. The summed E-state index contributed by atoms with van der Waals surface area (Å²) in [6.07, 6.45) is 7.25. The lowest BCUT2D eigenvalue weighted by Gasteiger charge is -2.10. The van der Waals surface area contributed by atoms with E-state index in [1.54, 1.807) is 0 Å². The number of H-pyrrole nitrogens is 1. The van der Waals surface area contributed by atoms with Crippen molar-refractivity contribution in [2.24, 2.45) is 0 Å². The van der Waals surface area contributed by atoms with E-state index in [1.807, 2.05) is 36.5 Å². The number of aryl methyl sites for hydroxylation is 2. The number of nitrogens with one attached hydrogen (secondary N) is 2. The fourth-order valence-corrected chi connectivity index (χ4v) is 4.23. The van der Waals surface area contributed by atoms with Gasteiger partial charge in [0, 0.05) is 34.7 Å². The molecule has 0 atom stereocenters. The molecule has 0 aliphatic heterocycles. The molecule has 170 valence electrons. The van der Waals surface area contributed by atoms with Crippen LogP contribution >= 0.6 is 0 Å². The van der Waals surface area contributed by atoms with Gasteiger partial charge in [-0.3, -0.25) is 4.98 Å². The summed E-state index contributed by atoms with van der Waals surface area (Å²) in [7, 11) is 0. The molecule has 0 saturated carbocycles. The SMILES string of the molecule is c1ccc(COCc2cc(Nc3ccc(CCCc4c[nH]c5ccccc45)cc3)ccn2)cc1. The molecule has 0 spiro atoms. The smallest absolute Gasteiger partial charge is 0.0893 e. The Balaban J connectivity index is 1.11. The molecule has 0 unspecified atom stereocenters. The monoisotopic (exact) mass is 447 g/mol. The van der Waals surface area contributed by atoms with Crippen LogP contribution in [-0.2, 0) is 30.8 Å². The minimum Gasteiger partial charge on any atom is -0.370 e. The van der Waals surface area contributed by atoms with Crippen LogP contribution in [0.25, 0.3) is 10.9 Å². The molecule has 4 heteroatoms. The summed E-state index contributed by atoms with van der Waals surface area (Å²) in [4.78, 5) is 7.80. The Hall–Kier alpha value is -3.89. The van der Waals surface area contributed by atoms with Crippen molar-refractivity contribution in [2.45, 2.75) is 32.5 Å². The third kappa shape index (κ3) is 5.72. The first-order valence-corrected chi connectivity index (χ1v) is 11.8. The highest BCUT2D eigenvalue weighted by atomic mass is 16.5. The molecule has 0 radical (unpaired) electrons.